The average Bonchev–Trinajstić information content (AvgIpc) is 3.52. The van der Waals surface area contributed by atoms with Gasteiger partial charge in [0.15, 0.2) is 0 Å². The third-order valence-electron chi connectivity index (χ3n) is 16.0. The first kappa shape index (κ1) is 43.8. The second-order valence-electron chi connectivity index (χ2n) is 20.3. The highest BCUT2D eigenvalue weighted by atomic mass is 15.1. The van der Waals surface area contributed by atoms with Gasteiger partial charge in [0.25, 0.3) is 0 Å². The van der Waals surface area contributed by atoms with E-state index in [1.165, 1.54) is 108 Å². The molecule has 356 valence electrons. The van der Waals surface area contributed by atoms with Gasteiger partial charge in [0.1, 0.15) is 0 Å². The minimum atomic E-state index is 0.931. The lowest BCUT2D eigenvalue weighted by molar-refractivity contribution is 1.08. The molecule has 0 saturated carbocycles. The molecular formula is C74H50N2. The summed E-state index contributed by atoms with van der Waals surface area (Å²) < 4.78 is 0. The molecule has 2 heteroatoms. The number of hydrogen-bond acceptors (Lipinski definition) is 2. The van der Waals surface area contributed by atoms with Gasteiger partial charge in [-0.3, -0.25) is 0 Å². The Labute approximate surface area is 441 Å². The lowest BCUT2D eigenvalue weighted by atomic mass is 9.82. The van der Waals surface area contributed by atoms with Gasteiger partial charge in [-0.25, -0.2) is 0 Å². The molecule has 0 unspecified atom stereocenters. The number of anilines is 6. The summed E-state index contributed by atoms with van der Waals surface area (Å²) in [5.41, 5.74) is 11.8. The average molecular weight is 967 g/mol. The predicted octanol–water partition coefficient (Wildman–Crippen LogP) is 19.1. The molecule has 14 aromatic rings. The summed E-state index contributed by atoms with van der Waals surface area (Å²) in [6.45, 7) is 0. The summed E-state index contributed by atoms with van der Waals surface area (Å²) in [6.07, 6.45) is 4.32. The van der Waals surface area contributed by atoms with Crippen molar-refractivity contribution in [1.29, 1.82) is 0 Å². The van der Waals surface area contributed by atoms with Crippen LogP contribution >= 0.6 is 0 Å². The molecule has 0 atom stereocenters. The Bertz CT molecular complexity index is 4630. The SMILES string of the molecule is C1=c2ccccc2=C(c2c3cc(N(c4ccc5ccccc5c4)c4ccc5ccccc5c4)ccc3c(-c3cccc4ccccc34)c3cc(N(c4ccc5ccccc5c4)c4ccc5ccccc5c4)ccc23)CC1. The van der Waals surface area contributed by atoms with Gasteiger partial charge < -0.3 is 9.80 Å². The Morgan fingerprint density at radius 2 is 0.632 bits per heavy atom. The molecule has 0 N–H and O–H groups in total. The summed E-state index contributed by atoms with van der Waals surface area (Å²) in [4.78, 5) is 4.92. The largest absolute Gasteiger partial charge is 0.310 e. The monoisotopic (exact) mass is 966 g/mol. The Hall–Kier alpha value is -9.76. The maximum absolute atomic E-state index is 2.50. The van der Waals surface area contributed by atoms with Crippen LogP contribution in [0.1, 0.15) is 18.4 Å². The number of fused-ring (bicyclic) bond motifs is 8. The van der Waals surface area contributed by atoms with E-state index in [0.717, 1.165) is 47.0 Å². The Morgan fingerprint density at radius 1 is 0.250 bits per heavy atom. The predicted molar refractivity (Wildman–Crippen MR) is 326 cm³/mol. The van der Waals surface area contributed by atoms with E-state index in [1.807, 2.05) is 0 Å². The molecule has 2 nitrogen and oxygen atoms in total. The lowest BCUT2D eigenvalue weighted by Crippen LogP contribution is -2.29. The van der Waals surface area contributed by atoms with Crippen LogP contribution in [-0.2, 0) is 0 Å². The molecule has 0 fully saturated rings. The second-order valence-corrected chi connectivity index (χ2v) is 20.3. The van der Waals surface area contributed by atoms with Crippen LogP contribution in [0.15, 0.2) is 273 Å². The molecule has 0 spiro atoms. The van der Waals surface area contributed by atoms with Gasteiger partial charge in [-0.1, -0.05) is 206 Å². The topological polar surface area (TPSA) is 6.48 Å². The van der Waals surface area contributed by atoms with Crippen LogP contribution in [-0.4, -0.2) is 0 Å². The Balaban J connectivity index is 1.07. The summed E-state index contributed by atoms with van der Waals surface area (Å²) in [5, 5.41) is 19.7. The van der Waals surface area contributed by atoms with E-state index in [4.69, 9.17) is 0 Å². The highest BCUT2D eigenvalue weighted by Crippen LogP contribution is 2.49. The quantitative estimate of drug-likeness (QED) is 0.140. The van der Waals surface area contributed by atoms with E-state index in [-0.39, 0.29) is 0 Å². The molecule has 0 amide bonds. The zero-order chi connectivity index (χ0) is 50.1. The van der Waals surface area contributed by atoms with E-state index < -0.39 is 0 Å². The van der Waals surface area contributed by atoms with Crippen molar-refractivity contribution in [3.05, 3.63) is 289 Å². The standard InChI is InChI=1S/C74H50N2/c1-5-21-55-43-59(35-31-49(55)15-1)75(60-36-32-50-16-2-6-22-56(50)44-60)63-39-41-69-71(47-63)73(67-29-13-25-53-19-9-11-27-65(53)67)70-42-40-64(48-72(70)74(69)68-30-14-26-54-20-10-12-28-66(54)68)76(61-37-33-51-17-3-7-23-57(51)45-61)62-38-34-52-18-4-8-24-58(52)46-62/h1-13,15-29,31-48H,14,30H2. The third-order valence-corrected chi connectivity index (χ3v) is 16.0. The van der Waals surface area contributed by atoms with Gasteiger partial charge in [-0.2, -0.15) is 0 Å². The van der Waals surface area contributed by atoms with Crippen molar-refractivity contribution in [1.82, 2.24) is 0 Å². The number of nitrogens with zero attached hydrogens (tertiary/aromatic N) is 2. The van der Waals surface area contributed by atoms with Gasteiger partial charge in [0.2, 0.25) is 0 Å². The van der Waals surface area contributed by atoms with Crippen LogP contribution in [0, 0.1) is 0 Å². The number of hydrogen-bond donors (Lipinski definition) is 0. The van der Waals surface area contributed by atoms with E-state index in [9.17, 15) is 0 Å². The zero-order valence-corrected chi connectivity index (χ0v) is 41.9. The highest BCUT2D eigenvalue weighted by Gasteiger charge is 2.25. The van der Waals surface area contributed by atoms with Crippen LogP contribution < -0.4 is 20.2 Å². The van der Waals surface area contributed by atoms with Crippen molar-refractivity contribution in [2.45, 2.75) is 12.8 Å². The molecule has 76 heavy (non-hydrogen) atoms. The summed E-state index contributed by atoms with van der Waals surface area (Å²) in [7, 11) is 0. The third kappa shape index (κ3) is 7.41. The van der Waals surface area contributed by atoms with Crippen LogP contribution in [0.3, 0.4) is 0 Å². The summed E-state index contributed by atoms with van der Waals surface area (Å²) in [5.74, 6) is 0. The van der Waals surface area contributed by atoms with Crippen molar-refractivity contribution >= 4 is 121 Å². The van der Waals surface area contributed by atoms with Gasteiger partial charge in [0.05, 0.1) is 0 Å². The first-order valence-corrected chi connectivity index (χ1v) is 26.5. The normalized spacial score (nSPS) is 12.4. The van der Waals surface area contributed by atoms with Crippen molar-refractivity contribution in [2.75, 3.05) is 9.80 Å². The van der Waals surface area contributed by atoms with E-state index in [0.29, 0.717) is 0 Å². The fourth-order valence-corrected chi connectivity index (χ4v) is 12.4. The van der Waals surface area contributed by atoms with Crippen LogP contribution in [0.2, 0.25) is 0 Å². The van der Waals surface area contributed by atoms with Gasteiger partial charge >= 0.3 is 0 Å². The van der Waals surface area contributed by atoms with Crippen LogP contribution in [0.4, 0.5) is 34.1 Å². The molecule has 14 aromatic carbocycles. The zero-order valence-electron chi connectivity index (χ0n) is 41.9. The molecule has 0 aliphatic heterocycles. The molecule has 0 heterocycles. The minimum Gasteiger partial charge on any atom is -0.310 e. The molecule has 1 aliphatic carbocycles. The number of benzene rings is 14. The van der Waals surface area contributed by atoms with E-state index in [1.54, 1.807) is 0 Å². The molecule has 0 bridgehead atoms. The molecule has 0 saturated heterocycles. The van der Waals surface area contributed by atoms with Crippen molar-refractivity contribution in [2.24, 2.45) is 0 Å². The van der Waals surface area contributed by atoms with Crippen LogP contribution in [0.25, 0.3) is 98.2 Å². The maximum atomic E-state index is 2.50. The summed E-state index contributed by atoms with van der Waals surface area (Å²) >= 11 is 0. The fourth-order valence-electron chi connectivity index (χ4n) is 12.4. The summed E-state index contributed by atoms with van der Waals surface area (Å²) in [6, 6.07) is 102. The molecule has 1 aliphatic rings. The van der Waals surface area contributed by atoms with Gasteiger partial charge in [0, 0.05) is 34.1 Å². The lowest BCUT2D eigenvalue weighted by Gasteiger charge is -2.29. The maximum Gasteiger partial charge on any atom is 0.0468 e. The fraction of sp³-hybridized carbons (Fsp3) is 0.0270. The molecule has 0 aromatic heterocycles. The van der Waals surface area contributed by atoms with Crippen molar-refractivity contribution < 1.29 is 0 Å². The smallest absolute Gasteiger partial charge is 0.0468 e. The molecule has 15 rings (SSSR count). The Morgan fingerprint density at radius 3 is 1.14 bits per heavy atom. The first-order valence-electron chi connectivity index (χ1n) is 26.5. The van der Waals surface area contributed by atoms with Crippen LogP contribution in [0.5, 0.6) is 0 Å². The van der Waals surface area contributed by atoms with E-state index >= 15 is 0 Å². The van der Waals surface area contributed by atoms with Gasteiger partial charge in [-0.15, -0.1) is 0 Å². The van der Waals surface area contributed by atoms with Crippen molar-refractivity contribution in [3.8, 4) is 11.1 Å². The molecule has 0 radical (unpaired) electrons. The first-order chi connectivity index (χ1) is 37.7. The second kappa shape index (κ2) is 18.0. The number of rotatable bonds is 8. The molecular weight excluding hydrogens is 917 g/mol. The Kier molecular flexibility index (Phi) is 10.4. The highest BCUT2D eigenvalue weighted by molar-refractivity contribution is 6.22. The van der Waals surface area contributed by atoms with Crippen molar-refractivity contribution in [3.63, 3.8) is 0 Å². The minimum absolute atomic E-state index is 0.931. The van der Waals surface area contributed by atoms with E-state index in [2.05, 4.69) is 289 Å². The van der Waals surface area contributed by atoms with Gasteiger partial charge in [-0.05, 0) is 194 Å².